The largest absolute Gasteiger partial charge is 0.456 e. The van der Waals surface area contributed by atoms with Crippen LogP contribution in [0.25, 0.3) is 0 Å². The summed E-state index contributed by atoms with van der Waals surface area (Å²) in [4.78, 5) is 12.5. The number of amides is 1. The SMILES string of the molecule is CCCCSCc1cc(C)oc1C(=O)NCc1cccc(CC)c1. The van der Waals surface area contributed by atoms with Crippen LogP contribution in [0, 0.1) is 6.92 Å². The van der Waals surface area contributed by atoms with Crippen LogP contribution in [0.3, 0.4) is 0 Å². The van der Waals surface area contributed by atoms with Gasteiger partial charge in [-0.3, -0.25) is 4.79 Å². The van der Waals surface area contributed by atoms with Crippen LogP contribution in [0.1, 0.15) is 59.7 Å². The van der Waals surface area contributed by atoms with E-state index in [0.29, 0.717) is 12.3 Å². The molecule has 4 heteroatoms. The Morgan fingerprint density at radius 3 is 2.75 bits per heavy atom. The van der Waals surface area contributed by atoms with E-state index in [2.05, 4.69) is 31.3 Å². The van der Waals surface area contributed by atoms with Crippen molar-refractivity contribution in [3.8, 4) is 0 Å². The Hall–Kier alpha value is -1.68. The molecule has 1 heterocycles. The summed E-state index contributed by atoms with van der Waals surface area (Å²) in [6, 6.07) is 10.3. The minimum absolute atomic E-state index is 0.129. The number of furan rings is 1. The monoisotopic (exact) mass is 345 g/mol. The molecule has 1 amide bonds. The zero-order chi connectivity index (χ0) is 17.4. The van der Waals surface area contributed by atoms with E-state index < -0.39 is 0 Å². The number of carbonyl (C=O) groups is 1. The second-order valence-electron chi connectivity index (χ2n) is 5.97. The van der Waals surface area contributed by atoms with Gasteiger partial charge in [0.1, 0.15) is 5.76 Å². The number of aryl methyl sites for hydroxylation is 2. The molecule has 2 aromatic rings. The summed E-state index contributed by atoms with van der Waals surface area (Å²) in [7, 11) is 0. The third-order valence-corrected chi connectivity index (χ3v) is 4.98. The lowest BCUT2D eigenvalue weighted by molar-refractivity contribution is 0.0921. The van der Waals surface area contributed by atoms with Crippen molar-refractivity contribution < 1.29 is 9.21 Å². The topological polar surface area (TPSA) is 42.2 Å². The fourth-order valence-electron chi connectivity index (χ4n) is 2.52. The van der Waals surface area contributed by atoms with Gasteiger partial charge in [-0.05, 0) is 42.7 Å². The van der Waals surface area contributed by atoms with Crippen LogP contribution in [0.2, 0.25) is 0 Å². The van der Waals surface area contributed by atoms with Gasteiger partial charge in [0, 0.05) is 17.9 Å². The third-order valence-electron chi connectivity index (χ3n) is 3.89. The van der Waals surface area contributed by atoms with Crippen LogP contribution in [0.15, 0.2) is 34.7 Å². The summed E-state index contributed by atoms with van der Waals surface area (Å²) in [5.74, 6) is 3.07. The summed E-state index contributed by atoms with van der Waals surface area (Å²) in [5, 5.41) is 2.98. The van der Waals surface area contributed by atoms with E-state index >= 15 is 0 Å². The van der Waals surface area contributed by atoms with Gasteiger partial charge in [0.2, 0.25) is 0 Å². The molecule has 0 radical (unpaired) electrons. The summed E-state index contributed by atoms with van der Waals surface area (Å²) >= 11 is 1.86. The number of hydrogen-bond acceptors (Lipinski definition) is 3. The maximum absolute atomic E-state index is 12.5. The standard InChI is InChI=1S/C20H27NO2S/c1-4-6-10-24-14-18-11-15(3)23-19(18)20(22)21-13-17-9-7-8-16(5-2)12-17/h7-9,11-12H,4-6,10,13-14H2,1-3H3,(H,21,22). The molecule has 1 aromatic heterocycles. The summed E-state index contributed by atoms with van der Waals surface area (Å²) in [6.07, 6.45) is 3.40. The highest BCUT2D eigenvalue weighted by Crippen LogP contribution is 2.21. The highest BCUT2D eigenvalue weighted by Gasteiger charge is 2.17. The average Bonchev–Trinajstić information content (AvgIpc) is 2.97. The average molecular weight is 346 g/mol. The Morgan fingerprint density at radius 1 is 1.21 bits per heavy atom. The molecule has 0 saturated heterocycles. The highest BCUT2D eigenvalue weighted by molar-refractivity contribution is 7.98. The number of thioether (sulfide) groups is 1. The molecule has 0 aliphatic carbocycles. The predicted octanol–water partition coefficient (Wildman–Crippen LogP) is 5.11. The Kier molecular flexibility index (Phi) is 7.44. The van der Waals surface area contributed by atoms with Crippen LogP contribution in [-0.4, -0.2) is 11.7 Å². The molecule has 0 aliphatic rings. The van der Waals surface area contributed by atoms with Crippen LogP contribution in [-0.2, 0) is 18.7 Å². The quantitative estimate of drug-likeness (QED) is 0.642. The van der Waals surface area contributed by atoms with Crippen LogP contribution in [0.5, 0.6) is 0 Å². The molecule has 0 spiro atoms. The molecule has 0 bridgehead atoms. The molecule has 0 fully saturated rings. The van der Waals surface area contributed by atoms with Crippen LogP contribution >= 0.6 is 11.8 Å². The molecule has 130 valence electrons. The molecule has 1 aromatic carbocycles. The van der Waals surface area contributed by atoms with Crippen molar-refractivity contribution in [3.05, 3.63) is 58.5 Å². The van der Waals surface area contributed by atoms with Gasteiger partial charge < -0.3 is 9.73 Å². The maximum Gasteiger partial charge on any atom is 0.287 e. The Labute approximate surface area is 149 Å². The van der Waals surface area contributed by atoms with E-state index in [9.17, 15) is 4.79 Å². The first-order valence-electron chi connectivity index (χ1n) is 8.67. The number of rotatable bonds is 9. The van der Waals surface area contributed by atoms with Crippen molar-refractivity contribution in [1.29, 1.82) is 0 Å². The van der Waals surface area contributed by atoms with Crippen LogP contribution < -0.4 is 5.32 Å². The molecular formula is C20H27NO2S. The first kappa shape index (κ1) is 18.7. The molecule has 0 aliphatic heterocycles. The summed E-state index contributed by atoms with van der Waals surface area (Å²) < 4.78 is 5.64. The van der Waals surface area contributed by atoms with E-state index in [1.165, 1.54) is 18.4 Å². The first-order valence-corrected chi connectivity index (χ1v) is 9.82. The number of carbonyl (C=O) groups excluding carboxylic acids is 1. The first-order chi connectivity index (χ1) is 11.6. The van der Waals surface area contributed by atoms with Crippen molar-refractivity contribution in [2.24, 2.45) is 0 Å². The Morgan fingerprint density at radius 2 is 2.00 bits per heavy atom. The third kappa shape index (κ3) is 5.45. The molecule has 1 N–H and O–H groups in total. The van der Waals surface area contributed by atoms with E-state index in [-0.39, 0.29) is 5.91 Å². The molecule has 2 rings (SSSR count). The van der Waals surface area contributed by atoms with Gasteiger partial charge >= 0.3 is 0 Å². The molecule has 0 unspecified atom stereocenters. The number of unbranched alkanes of at least 4 members (excludes halogenated alkanes) is 1. The lowest BCUT2D eigenvalue weighted by atomic mass is 10.1. The van der Waals surface area contributed by atoms with Crippen molar-refractivity contribution in [2.75, 3.05) is 5.75 Å². The number of nitrogens with one attached hydrogen (secondary N) is 1. The van der Waals surface area contributed by atoms with E-state index in [1.54, 1.807) is 0 Å². The maximum atomic E-state index is 12.5. The fraction of sp³-hybridized carbons (Fsp3) is 0.450. The minimum Gasteiger partial charge on any atom is -0.456 e. The number of benzene rings is 1. The second-order valence-corrected chi connectivity index (χ2v) is 7.08. The Balaban J connectivity index is 1.96. The van der Waals surface area contributed by atoms with E-state index in [4.69, 9.17) is 4.42 Å². The van der Waals surface area contributed by atoms with Gasteiger partial charge in [-0.1, -0.05) is 44.5 Å². The molecular weight excluding hydrogens is 318 g/mol. The van der Waals surface area contributed by atoms with Gasteiger partial charge in [-0.2, -0.15) is 11.8 Å². The van der Waals surface area contributed by atoms with Crippen molar-refractivity contribution in [1.82, 2.24) is 5.32 Å². The van der Waals surface area contributed by atoms with Crippen LogP contribution in [0.4, 0.5) is 0 Å². The van der Waals surface area contributed by atoms with Gasteiger partial charge in [-0.15, -0.1) is 0 Å². The Bertz CT molecular complexity index is 663. The van der Waals surface area contributed by atoms with Crippen molar-refractivity contribution in [3.63, 3.8) is 0 Å². The molecule has 3 nitrogen and oxygen atoms in total. The molecule has 24 heavy (non-hydrogen) atoms. The predicted molar refractivity (Wildman–Crippen MR) is 102 cm³/mol. The van der Waals surface area contributed by atoms with Gasteiger partial charge in [0.05, 0.1) is 0 Å². The normalized spacial score (nSPS) is 10.8. The van der Waals surface area contributed by atoms with Crippen molar-refractivity contribution >= 4 is 17.7 Å². The fourth-order valence-corrected chi connectivity index (χ4v) is 3.59. The highest BCUT2D eigenvalue weighted by atomic mass is 32.2. The number of hydrogen-bond donors (Lipinski definition) is 1. The second kappa shape index (κ2) is 9.58. The molecule has 0 atom stereocenters. The lowest BCUT2D eigenvalue weighted by Crippen LogP contribution is -2.23. The van der Waals surface area contributed by atoms with E-state index in [1.807, 2.05) is 36.9 Å². The minimum atomic E-state index is -0.129. The van der Waals surface area contributed by atoms with Crippen molar-refractivity contribution in [2.45, 2.75) is 52.3 Å². The van der Waals surface area contributed by atoms with Gasteiger partial charge in [0.15, 0.2) is 5.76 Å². The summed E-state index contributed by atoms with van der Waals surface area (Å²) in [5.41, 5.74) is 3.39. The molecule has 0 saturated carbocycles. The summed E-state index contributed by atoms with van der Waals surface area (Å²) in [6.45, 7) is 6.73. The van der Waals surface area contributed by atoms with Gasteiger partial charge in [0.25, 0.3) is 5.91 Å². The lowest BCUT2D eigenvalue weighted by Gasteiger charge is -2.07. The van der Waals surface area contributed by atoms with Gasteiger partial charge in [-0.25, -0.2) is 0 Å². The zero-order valence-electron chi connectivity index (χ0n) is 14.9. The van der Waals surface area contributed by atoms with E-state index in [0.717, 1.165) is 34.8 Å². The zero-order valence-corrected chi connectivity index (χ0v) is 15.7. The smallest absolute Gasteiger partial charge is 0.287 e.